The first-order valence-electron chi connectivity index (χ1n) is 9.74. The van der Waals surface area contributed by atoms with Crippen LogP contribution in [0.5, 0.6) is 0 Å². The summed E-state index contributed by atoms with van der Waals surface area (Å²) in [6, 6.07) is 12.1. The number of hydrogen-bond acceptors (Lipinski definition) is 5. The van der Waals surface area contributed by atoms with Crippen LogP contribution in [-0.4, -0.2) is 39.7 Å². The second-order valence-corrected chi connectivity index (χ2v) is 8.98. The number of rotatable bonds is 9. The van der Waals surface area contributed by atoms with Crippen molar-refractivity contribution < 1.29 is 22.7 Å². The summed E-state index contributed by atoms with van der Waals surface area (Å²) in [6.07, 6.45) is 1.69. The lowest BCUT2D eigenvalue weighted by Gasteiger charge is -2.22. The van der Waals surface area contributed by atoms with Crippen molar-refractivity contribution in [3.05, 3.63) is 59.2 Å². The van der Waals surface area contributed by atoms with E-state index >= 15 is 0 Å². The molecule has 0 spiro atoms. The van der Waals surface area contributed by atoms with Gasteiger partial charge in [0, 0.05) is 18.7 Å². The molecule has 0 atom stereocenters. The molecule has 0 aliphatic heterocycles. The molecule has 1 N–H and O–H groups in total. The molecule has 0 fully saturated rings. The fourth-order valence-electron chi connectivity index (χ4n) is 2.94. The Labute approximate surface area is 178 Å². The Balaban J connectivity index is 1.96. The predicted octanol–water partition coefficient (Wildman–Crippen LogP) is 3.67. The Morgan fingerprint density at radius 1 is 1.07 bits per heavy atom. The molecule has 2 rings (SSSR count). The zero-order valence-corrected chi connectivity index (χ0v) is 18.6. The molecule has 0 bridgehead atoms. The van der Waals surface area contributed by atoms with Gasteiger partial charge < -0.3 is 10.1 Å². The van der Waals surface area contributed by atoms with E-state index in [1.165, 1.54) is 4.31 Å². The molecule has 2 aromatic carbocycles. The summed E-state index contributed by atoms with van der Waals surface area (Å²) in [4.78, 5) is 24.1. The van der Waals surface area contributed by atoms with E-state index in [2.05, 4.69) is 5.32 Å². The van der Waals surface area contributed by atoms with Crippen LogP contribution in [0, 0.1) is 13.8 Å². The third-order valence-corrected chi connectivity index (χ3v) is 5.69. The number of aryl methyl sites for hydroxylation is 2. The Morgan fingerprint density at radius 3 is 2.30 bits per heavy atom. The van der Waals surface area contributed by atoms with Gasteiger partial charge in [-0.3, -0.25) is 9.10 Å². The summed E-state index contributed by atoms with van der Waals surface area (Å²) >= 11 is 0. The molecule has 30 heavy (non-hydrogen) atoms. The molecule has 0 unspecified atom stereocenters. The van der Waals surface area contributed by atoms with Gasteiger partial charge in [0.15, 0.2) is 0 Å². The lowest BCUT2D eigenvalue weighted by atomic mass is 10.1. The maximum Gasteiger partial charge on any atom is 0.338 e. The van der Waals surface area contributed by atoms with Gasteiger partial charge in [-0.15, -0.1) is 0 Å². The standard InChI is InChI=1S/C22H28N2O5S/c1-5-29-22(26)18-10-13-20(17(3)15-18)23-21(25)7-6-14-24(30(4,27)28)19-11-8-16(2)9-12-19/h8-13,15H,5-7,14H2,1-4H3,(H,23,25). The van der Waals surface area contributed by atoms with Gasteiger partial charge in [-0.2, -0.15) is 0 Å². The fourth-order valence-corrected chi connectivity index (χ4v) is 3.90. The third kappa shape index (κ3) is 6.59. The molecule has 0 aliphatic rings. The van der Waals surface area contributed by atoms with Gasteiger partial charge in [-0.1, -0.05) is 17.7 Å². The number of ether oxygens (including phenoxy) is 1. The highest BCUT2D eigenvalue weighted by atomic mass is 32.2. The van der Waals surface area contributed by atoms with Crippen LogP contribution >= 0.6 is 0 Å². The number of esters is 1. The Morgan fingerprint density at radius 2 is 1.73 bits per heavy atom. The van der Waals surface area contributed by atoms with Crippen LogP contribution in [0.15, 0.2) is 42.5 Å². The van der Waals surface area contributed by atoms with Gasteiger partial charge in [-0.05, 0) is 63.1 Å². The van der Waals surface area contributed by atoms with E-state index < -0.39 is 16.0 Å². The molecule has 8 heteroatoms. The van der Waals surface area contributed by atoms with Gasteiger partial charge in [-0.25, -0.2) is 13.2 Å². The van der Waals surface area contributed by atoms with Crippen molar-refractivity contribution in [1.82, 2.24) is 0 Å². The molecule has 162 valence electrons. The smallest absolute Gasteiger partial charge is 0.338 e. The monoisotopic (exact) mass is 432 g/mol. The summed E-state index contributed by atoms with van der Waals surface area (Å²) in [7, 11) is -3.45. The van der Waals surface area contributed by atoms with Crippen molar-refractivity contribution in [3.63, 3.8) is 0 Å². The molecular weight excluding hydrogens is 404 g/mol. The predicted molar refractivity (Wildman–Crippen MR) is 118 cm³/mol. The van der Waals surface area contributed by atoms with E-state index in [9.17, 15) is 18.0 Å². The summed E-state index contributed by atoms with van der Waals surface area (Å²) in [5.41, 5.74) is 3.39. The van der Waals surface area contributed by atoms with Crippen LogP contribution in [0.2, 0.25) is 0 Å². The first kappa shape index (κ1) is 23.4. The Kier molecular flexibility index (Phi) is 8.00. The molecule has 0 radical (unpaired) electrons. The van der Waals surface area contributed by atoms with Crippen LogP contribution in [0.4, 0.5) is 11.4 Å². The highest BCUT2D eigenvalue weighted by molar-refractivity contribution is 7.92. The minimum atomic E-state index is -3.45. The van der Waals surface area contributed by atoms with E-state index in [0.29, 0.717) is 30.0 Å². The highest BCUT2D eigenvalue weighted by Gasteiger charge is 2.18. The van der Waals surface area contributed by atoms with E-state index in [4.69, 9.17) is 4.74 Å². The van der Waals surface area contributed by atoms with E-state index in [0.717, 1.165) is 17.4 Å². The van der Waals surface area contributed by atoms with Gasteiger partial charge >= 0.3 is 5.97 Å². The largest absolute Gasteiger partial charge is 0.462 e. The van der Waals surface area contributed by atoms with Crippen LogP contribution in [0.3, 0.4) is 0 Å². The van der Waals surface area contributed by atoms with E-state index in [1.807, 2.05) is 19.1 Å². The Bertz CT molecular complexity index is 1000. The number of carbonyl (C=O) groups excluding carboxylic acids is 2. The van der Waals surface area contributed by atoms with Crippen LogP contribution in [-0.2, 0) is 19.6 Å². The number of benzene rings is 2. The zero-order chi connectivity index (χ0) is 22.3. The minimum absolute atomic E-state index is 0.164. The number of carbonyl (C=O) groups is 2. The van der Waals surface area contributed by atoms with Gasteiger partial charge in [0.2, 0.25) is 15.9 Å². The number of nitrogens with one attached hydrogen (secondary N) is 1. The molecule has 1 amide bonds. The van der Waals surface area contributed by atoms with Crippen molar-refractivity contribution in [3.8, 4) is 0 Å². The molecule has 0 aromatic heterocycles. The molecule has 2 aromatic rings. The first-order valence-corrected chi connectivity index (χ1v) is 11.6. The van der Waals surface area contributed by atoms with Gasteiger partial charge in [0.25, 0.3) is 0 Å². The maximum absolute atomic E-state index is 12.3. The van der Waals surface area contributed by atoms with Crippen molar-refractivity contribution in [2.75, 3.05) is 29.0 Å². The summed E-state index contributed by atoms with van der Waals surface area (Å²) in [5.74, 6) is -0.630. The fraction of sp³-hybridized carbons (Fsp3) is 0.364. The van der Waals surface area contributed by atoms with Crippen LogP contribution in [0.1, 0.15) is 41.3 Å². The summed E-state index contributed by atoms with van der Waals surface area (Å²) in [5, 5.41) is 2.81. The molecule has 7 nitrogen and oxygen atoms in total. The van der Waals surface area contributed by atoms with Crippen molar-refractivity contribution in [1.29, 1.82) is 0 Å². The van der Waals surface area contributed by atoms with E-state index in [1.54, 1.807) is 44.2 Å². The average Bonchev–Trinajstić information content (AvgIpc) is 2.67. The van der Waals surface area contributed by atoms with Crippen molar-refractivity contribution in [2.45, 2.75) is 33.6 Å². The summed E-state index contributed by atoms with van der Waals surface area (Å²) < 4.78 is 30.6. The molecule has 0 saturated carbocycles. The minimum Gasteiger partial charge on any atom is -0.462 e. The van der Waals surface area contributed by atoms with Crippen molar-refractivity contribution in [2.24, 2.45) is 0 Å². The highest BCUT2D eigenvalue weighted by Crippen LogP contribution is 2.20. The molecule has 0 aliphatic carbocycles. The lowest BCUT2D eigenvalue weighted by Crippen LogP contribution is -2.31. The normalized spacial score (nSPS) is 11.1. The van der Waals surface area contributed by atoms with E-state index in [-0.39, 0.29) is 18.9 Å². The number of hydrogen-bond donors (Lipinski definition) is 1. The number of anilines is 2. The lowest BCUT2D eigenvalue weighted by molar-refractivity contribution is -0.116. The Hall–Kier alpha value is -2.87. The maximum atomic E-state index is 12.3. The van der Waals surface area contributed by atoms with Crippen molar-refractivity contribution >= 4 is 33.3 Å². The van der Waals surface area contributed by atoms with Gasteiger partial charge in [0.05, 0.1) is 24.1 Å². The summed E-state index contributed by atoms with van der Waals surface area (Å²) in [6.45, 7) is 5.96. The van der Waals surface area contributed by atoms with Crippen LogP contribution < -0.4 is 9.62 Å². The SMILES string of the molecule is CCOC(=O)c1ccc(NC(=O)CCCN(c2ccc(C)cc2)S(C)(=O)=O)c(C)c1. The average molecular weight is 433 g/mol. The van der Waals surface area contributed by atoms with Crippen LogP contribution in [0.25, 0.3) is 0 Å². The zero-order valence-electron chi connectivity index (χ0n) is 17.8. The molecular formula is C22H28N2O5S. The van der Waals surface area contributed by atoms with Gasteiger partial charge in [0.1, 0.15) is 0 Å². The number of sulfonamides is 1. The topological polar surface area (TPSA) is 92.8 Å². The molecule has 0 heterocycles. The second kappa shape index (κ2) is 10.2. The number of nitrogens with zero attached hydrogens (tertiary/aromatic N) is 1. The molecule has 0 saturated heterocycles. The third-order valence-electron chi connectivity index (χ3n) is 4.50. The first-order chi connectivity index (χ1) is 14.1. The second-order valence-electron chi connectivity index (χ2n) is 7.07. The number of amides is 1. The quantitative estimate of drug-likeness (QED) is 0.611.